The molecule has 0 radical (unpaired) electrons. The number of methoxy groups -OCH3 is 1. The second-order valence-corrected chi connectivity index (χ2v) is 3.93. The topological polar surface area (TPSA) is 64.3 Å². The lowest BCUT2D eigenvalue weighted by molar-refractivity contribution is 0.0588. The standard InChI is InChI=1S/C13H14N2O3/c1-9-14-7-12(13(17)18-2)15(9)8-10-3-5-11(16)6-4-10/h3-7,16H,8H2,1-2H3. The van der Waals surface area contributed by atoms with Crippen LogP contribution in [0.1, 0.15) is 21.9 Å². The van der Waals surface area contributed by atoms with Crippen molar-refractivity contribution in [3.05, 3.63) is 47.5 Å². The maximum absolute atomic E-state index is 11.6. The second-order valence-electron chi connectivity index (χ2n) is 3.93. The van der Waals surface area contributed by atoms with Crippen molar-refractivity contribution >= 4 is 5.97 Å². The smallest absolute Gasteiger partial charge is 0.356 e. The monoisotopic (exact) mass is 246 g/mol. The molecule has 1 N–H and O–H groups in total. The minimum Gasteiger partial charge on any atom is -0.508 e. The van der Waals surface area contributed by atoms with E-state index in [1.165, 1.54) is 13.3 Å². The van der Waals surface area contributed by atoms with E-state index in [-0.39, 0.29) is 5.75 Å². The molecule has 18 heavy (non-hydrogen) atoms. The predicted octanol–water partition coefficient (Wildman–Crippen LogP) is 1.73. The van der Waals surface area contributed by atoms with E-state index < -0.39 is 5.97 Å². The Morgan fingerprint density at radius 2 is 2.06 bits per heavy atom. The minimum atomic E-state index is -0.408. The van der Waals surface area contributed by atoms with Gasteiger partial charge in [-0.1, -0.05) is 12.1 Å². The number of aromatic nitrogens is 2. The van der Waals surface area contributed by atoms with Crippen LogP contribution >= 0.6 is 0 Å². The molecule has 0 bridgehead atoms. The van der Waals surface area contributed by atoms with Crippen molar-refractivity contribution in [2.24, 2.45) is 0 Å². The first-order valence-corrected chi connectivity index (χ1v) is 5.50. The number of phenols is 1. The third-order valence-electron chi connectivity index (χ3n) is 2.73. The molecule has 0 saturated carbocycles. The molecule has 5 nitrogen and oxygen atoms in total. The first-order chi connectivity index (χ1) is 8.61. The number of esters is 1. The third-order valence-corrected chi connectivity index (χ3v) is 2.73. The molecule has 0 amide bonds. The van der Waals surface area contributed by atoms with Gasteiger partial charge in [0, 0.05) is 6.54 Å². The molecule has 0 unspecified atom stereocenters. The van der Waals surface area contributed by atoms with Gasteiger partial charge in [-0.15, -0.1) is 0 Å². The van der Waals surface area contributed by atoms with E-state index in [2.05, 4.69) is 4.98 Å². The van der Waals surface area contributed by atoms with Crippen LogP contribution in [-0.2, 0) is 11.3 Å². The zero-order valence-corrected chi connectivity index (χ0v) is 10.3. The van der Waals surface area contributed by atoms with Crippen molar-refractivity contribution in [1.29, 1.82) is 0 Å². The number of carbonyl (C=O) groups is 1. The van der Waals surface area contributed by atoms with Gasteiger partial charge < -0.3 is 14.4 Å². The van der Waals surface area contributed by atoms with Gasteiger partial charge in [0.2, 0.25) is 0 Å². The largest absolute Gasteiger partial charge is 0.508 e. The first-order valence-electron chi connectivity index (χ1n) is 5.50. The minimum absolute atomic E-state index is 0.217. The zero-order chi connectivity index (χ0) is 13.1. The summed E-state index contributed by atoms with van der Waals surface area (Å²) in [5, 5.41) is 9.22. The van der Waals surface area contributed by atoms with Gasteiger partial charge in [-0.3, -0.25) is 0 Å². The number of phenolic OH excluding ortho intramolecular Hbond substituents is 1. The summed E-state index contributed by atoms with van der Waals surface area (Å²) in [6.45, 7) is 2.34. The molecule has 5 heteroatoms. The average Bonchev–Trinajstić information content (AvgIpc) is 2.73. The summed E-state index contributed by atoms with van der Waals surface area (Å²) in [6.07, 6.45) is 1.50. The maximum Gasteiger partial charge on any atom is 0.356 e. The van der Waals surface area contributed by atoms with Crippen LogP contribution in [0, 0.1) is 6.92 Å². The molecule has 0 aliphatic heterocycles. The zero-order valence-electron chi connectivity index (χ0n) is 10.3. The molecule has 0 aliphatic rings. The summed E-state index contributed by atoms with van der Waals surface area (Å²) < 4.78 is 6.48. The van der Waals surface area contributed by atoms with Gasteiger partial charge in [0.25, 0.3) is 0 Å². The number of hydrogen-bond donors (Lipinski definition) is 1. The maximum atomic E-state index is 11.6. The summed E-state index contributed by atoms with van der Waals surface area (Å²) in [4.78, 5) is 15.7. The normalized spacial score (nSPS) is 10.3. The summed E-state index contributed by atoms with van der Waals surface area (Å²) in [5.41, 5.74) is 1.39. The quantitative estimate of drug-likeness (QED) is 0.838. The molecule has 1 heterocycles. The van der Waals surface area contributed by atoms with E-state index in [9.17, 15) is 9.90 Å². The summed E-state index contributed by atoms with van der Waals surface area (Å²) in [6, 6.07) is 6.82. The highest BCUT2D eigenvalue weighted by molar-refractivity contribution is 5.87. The number of nitrogens with zero attached hydrogens (tertiary/aromatic N) is 2. The number of rotatable bonds is 3. The van der Waals surface area contributed by atoms with Gasteiger partial charge in [0.05, 0.1) is 13.3 Å². The Kier molecular flexibility index (Phi) is 3.32. The highest BCUT2D eigenvalue weighted by atomic mass is 16.5. The molecular formula is C13H14N2O3. The van der Waals surface area contributed by atoms with Crippen molar-refractivity contribution in [2.75, 3.05) is 7.11 Å². The number of aryl methyl sites for hydroxylation is 1. The molecule has 0 atom stereocenters. The Morgan fingerprint density at radius 3 is 2.67 bits per heavy atom. The highest BCUT2D eigenvalue weighted by Crippen LogP contribution is 2.14. The van der Waals surface area contributed by atoms with Gasteiger partial charge in [0.15, 0.2) is 0 Å². The van der Waals surface area contributed by atoms with Gasteiger partial charge in [-0.25, -0.2) is 9.78 Å². The summed E-state index contributed by atoms with van der Waals surface area (Å²) in [7, 11) is 1.34. The van der Waals surface area contributed by atoms with E-state index in [1.807, 2.05) is 6.92 Å². The van der Waals surface area contributed by atoms with Crippen LogP contribution in [0.5, 0.6) is 5.75 Å². The van der Waals surface area contributed by atoms with Crippen LogP contribution in [0.15, 0.2) is 30.5 Å². The number of hydrogen-bond acceptors (Lipinski definition) is 4. The Balaban J connectivity index is 2.31. The molecule has 0 saturated heterocycles. The van der Waals surface area contributed by atoms with Crippen LogP contribution < -0.4 is 0 Å². The van der Waals surface area contributed by atoms with Crippen LogP contribution in [-0.4, -0.2) is 27.7 Å². The van der Waals surface area contributed by atoms with Crippen LogP contribution in [0.25, 0.3) is 0 Å². The van der Waals surface area contributed by atoms with Gasteiger partial charge in [0.1, 0.15) is 17.3 Å². The van der Waals surface area contributed by atoms with Crippen LogP contribution in [0.4, 0.5) is 0 Å². The van der Waals surface area contributed by atoms with Crippen molar-refractivity contribution in [2.45, 2.75) is 13.5 Å². The molecular weight excluding hydrogens is 232 g/mol. The van der Waals surface area contributed by atoms with Gasteiger partial charge in [-0.05, 0) is 24.6 Å². The van der Waals surface area contributed by atoms with Crippen LogP contribution in [0.2, 0.25) is 0 Å². The van der Waals surface area contributed by atoms with Gasteiger partial charge >= 0.3 is 5.97 Å². The van der Waals surface area contributed by atoms with E-state index >= 15 is 0 Å². The van der Waals surface area contributed by atoms with Crippen LogP contribution in [0.3, 0.4) is 0 Å². The lowest BCUT2D eigenvalue weighted by Gasteiger charge is -2.09. The van der Waals surface area contributed by atoms with Crippen molar-refractivity contribution in [3.8, 4) is 5.75 Å². The molecule has 2 aromatic rings. The van der Waals surface area contributed by atoms with Crippen molar-refractivity contribution in [1.82, 2.24) is 9.55 Å². The van der Waals surface area contributed by atoms with E-state index in [0.29, 0.717) is 12.2 Å². The average molecular weight is 246 g/mol. The molecule has 0 spiro atoms. The Morgan fingerprint density at radius 1 is 1.39 bits per heavy atom. The lowest BCUT2D eigenvalue weighted by Crippen LogP contribution is -2.12. The molecule has 0 aliphatic carbocycles. The fourth-order valence-electron chi connectivity index (χ4n) is 1.72. The van der Waals surface area contributed by atoms with Crippen molar-refractivity contribution < 1.29 is 14.6 Å². The summed E-state index contributed by atoms with van der Waals surface area (Å²) in [5.74, 6) is 0.548. The number of aromatic hydroxyl groups is 1. The SMILES string of the molecule is COC(=O)c1cnc(C)n1Cc1ccc(O)cc1. The van der Waals surface area contributed by atoms with Crippen molar-refractivity contribution in [3.63, 3.8) is 0 Å². The first kappa shape index (κ1) is 12.2. The molecule has 2 rings (SSSR count). The lowest BCUT2D eigenvalue weighted by atomic mass is 10.2. The van der Waals surface area contributed by atoms with E-state index in [0.717, 1.165) is 11.4 Å². The molecule has 0 fully saturated rings. The molecule has 94 valence electrons. The highest BCUT2D eigenvalue weighted by Gasteiger charge is 2.14. The number of ether oxygens (including phenoxy) is 1. The Hall–Kier alpha value is -2.30. The second kappa shape index (κ2) is 4.91. The molecule has 1 aromatic carbocycles. The molecule has 1 aromatic heterocycles. The number of imidazole rings is 1. The Labute approximate surface area is 105 Å². The Bertz CT molecular complexity index is 558. The fourth-order valence-corrected chi connectivity index (χ4v) is 1.72. The van der Waals surface area contributed by atoms with E-state index in [4.69, 9.17) is 4.74 Å². The number of benzene rings is 1. The predicted molar refractivity (Wildman–Crippen MR) is 65.5 cm³/mol. The third kappa shape index (κ3) is 2.34. The van der Waals surface area contributed by atoms with E-state index in [1.54, 1.807) is 28.8 Å². The fraction of sp³-hybridized carbons (Fsp3) is 0.231. The number of carbonyl (C=O) groups excluding carboxylic acids is 1. The summed E-state index contributed by atoms with van der Waals surface area (Å²) >= 11 is 0. The van der Waals surface area contributed by atoms with Gasteiger partial charge in [-0.2, -0.15) is 0 Å².